The first kappa shape index (κ1) is 14.5. The third kappa shape index (κ3) is 3.17. The van der Waals surface area contributed by atoms with Crippen molar-refractivity contribution >= 4 is 11.8 Å². The van der Waals surface area contributed by atoms with Crippen LogP contribution in [0.4, 0.5) is 0 Å². The highest BCUT2D eigenvalue weighted by atomic mass is 16.2. The van der Waals surface area contributed by atoms with E-state index in [2.05, 4.69) is 16.0 Å². The summed E-state index contributed by atoms with van der Waals surface area (Å²) in [6, 6.07) is 7.23. The zero-order valence-corrected chi connectivity index (χ0v) is 12.0. The second-order valence-corrected chi connectivity index (χ2v) is 5.32. The van der Waals surface area contributed by atoms with E-state index in [1.54, 1.807) is 19.2 Å². The van der Waals surface area contributed by atoms with Gasteiger partial charge >= 0.3 is 0 Å². The van der Waals surface area contributed by atoms with Crippen molar-refractivity contribution in [3.05, 3.63) is 35.4 Å². The molecule has 0 spiro atoms. The third-order valence-corrected chi connectivity index (χ3v) is 3.77. The van der Waals surface area contributed by atoms with Gasteiger partial charge in [0, 0.05) is 19.2 Å². The van der Waals surface area contributed by atoms with Crippen LogP contribution < -0.4 is 16.0 Å². The molecule has 20 heavy (non-hydrogen) atoms. The maximum absolute atomic E-state index is 12.1. The van der Waals surface area contributed by atoms with E-state index in [-0.39, 0.29) is 11.8 Å². The molecule has 1 unspecified atom stereocenters. The number of carbonyl (C=O) groups excluding carboxylic acids is 2. The number of hydrogen-bond acceptors (Lipinski definition) is 3. The number of carbonyl (C=O) groups is 2. The molecule has 5 nitrogen and oxygen atoms in total. The van der Waals surface area contributed by atoms with Crippen LogP contribution in [0.25, 0.3) is 0 Å². The third-order valence-electron chi connectivity index (χ3n) is 3.77. The second kappa shape index (κ2) is 6.05. The Balaban J connectivity index is 1.91. The first-order chi connectivity index (χ1) is 9.55. The summed E-state index contributed by atoms with van der Waals surface area (Å²) in [4.78, 5) is 23.5. The maximum Gasteiger partial charge on any atom is 0.251 e. The quantitative estimate of drug-likeness (QED) is 0.761. The van der Waals surface area contributed by atoms with Gasteiger partial charge in [0.15, 0.2) is 0 Å². The average molecular weight is 275 g/mol. The standard InChI is InChI=1S/C15H21N3O2/c1-15(8-3-9-18-15)14(20)17-10-11-4-6-12(7-5-11)13(19)16-2/h4-7,18H,3,8-10H2,1-2H3,(H,16,19)(H,17,20). The summed E-state index contributed by atoms with van der Waals surface area (Å²) < 4.78 is 0. The fourth-order valence-electron chi connectivity index (χ4n) is 2.38. The normalized spacial score (nSPS) is 21.5. The van der Waals surface area contributed by atoms with Crippen molar-refractivity contribution in [2.75, 3.05) is 13.6 Å². The monoisotopic (exact) mass is 275 g/mol. The van der Waals surface area contributed by atoms with Crippen LogP contribution in [0.3, 0.4) is 0 Å². The smallest absolute Gasteiger partial charge is 0.251 e. The molecule has 1 aromatic carbocycles. The zero-order valence-electron chi connectivity index (χ0n) is 12.0. The Bertz CT molecular complexity index is 490. The minimum atomic E-state index is -0.442. The summed E-state index contributed by atoms with van der Waals surface area (Å²) >= 11 is 0. The van der Waals surface area contributed by atoms with E-state index in [1.165, 1.54) is 0 Å². The average Bonchev–Trinajstić information content (AvgIpc) is 2.92. The van der Waals surface area contributed by atoms with Crippen LogP contribution >= 0.6 is 0 Å². The molecule has 3 N–H and O–H groups in total. The first-order valence-electron chi connectivity index (χ1n) is 6.89. The molecule has 1 saturated heterocycles. The lowest BCUT2D eigenvalue weighted by Crippen LogP contribution is -2.50. The molecule has 2 amide bonds. The molecule has 0 aliphatic carbocycles. The van der Waals surface area contributed by atoms with Gasteiger partial charge in [-0.2, -0.15) is 0 Å². The summed E-state index contributed by atoms with van der Waals surface area (Å²) in [5.41, 5.74) is 1.15. The van der Waals surface area contributed by atoms with Gasteiger partial charge in [-0.1, -0.05) is 12.1 Å². The Morgan fingerprint density at radius 3 is 2.55 bits per heavy atom. The molecular weight excluding hydrogens is 254 g/mol. The van der Waals surface area contributed by atoms with Crippen LogP contribution in [0.15, 0.2) is 24.3 Å². The largest absolute Gasteiger partial charge is 0.355 e. The van der Waals surface area contributed by atoms with E-state index in [4.69, 9.17) is 0 Å². The fraction of sp³-hybridized carbons (Fsp3) is 0.467. The van der Waals surface area contributed by atoms with Gasteiger partial charge in [-0.05, 0) is 44.0 Å². The van der Waals surface area contributed by atoms with Gasteiger partial charge in [0.1, 0.15) is 0 Å². The molecule has 1 heterocycles. The lowest BCUT2D eigenvalue weighted by molar-refractivity contribution is -0.126. The van der Waals surface area contributed by atoms with Gasteiger partial charge in [0.05, 0.1) is 5.54 Å². The van der Waals surface area contributed by atoms with E-state index in [9.17, 15) is 9.59 Å². The predicted octanol–water partition coefficient (Wildman–Crippen LogP) is 0.804. The van der Waals surface area contributed by atoms with Crippen molar-refractivity contribution in [1.82, 2.24) is 16.0 Å². The van der Waals surface area contributed by atoms with Crippen LogP contribution in [0.5, 0.6) is 0 Å². The molecule has 1 atom stereocenters. The fourth-order valence-corrected chi connectivity index (χ4v) is 2.38. The highest BCUT2D eigenvalue weighted by Gasteiger charge is 2.35. The summed E-state index contributed by atoms with van der Waals surface area (Å²) in [6.45, 7) is 3.30. The second-order valence-electron chi connectivity index (χ2n) is 5.32. The van der Waals surface area contributed by atoms with E-state index in [1.807, 2.05) is 19.1 Å². The van der Waals surface area contributed by atoms with E-state index < -0.39 is 5.54 Å². The molecule has 1 fully saturated rings. The molecule has 0 radical (unpaired) electrons. The number of nitrogens with one attached hydrogen (secondary N) is 3. The molecule has 0 bridgehead atoms. The summed E-state index contributed by atoms with van der Waals surface area (Å²) in [5, 5.41) is 8.75. The Morgan fingerprint density at radius 1 is 1.30 bits per heavy atom. The Labute approximate surface area is 119 Å². The van der Waals surface area contributed by atoms with Gasteiger partial charge < -0.3 is 16.0 Å². The molecule has 0 aromatic heterocycles. The van der Waals surface area contributed by atoms with Gasteiger partial charge in [0.25, 0.3) is 5.91 Å². The number of hydrogen-bond donors (Lipinski definition) is 3. The van der Waals surface area contributed by atoms with Gasteiger partial charge in [-0.25, -0.2) is 0 Å². The lowest BCUT2D eigenvalue weighted by atomic mass is 9.99. The van der Waals surface area contributed by atoms with Gasteiger partial charge in [-0.3, -0.25) is 9.59 Å². The van der Waals surface area contributed by atoms with Crippen molar-refractivity contribution in [3.63, 3.8) is 0 Å². The van der Waals surface area contributed by atoms with Crippen LogP contribution in [0, 0.1) is 0 Å². The number of benzene rings is 1. The van der Waals surface area contributed by atoms with Crippen molar-refractivity contribution in [2.45, 2.75) is 31.8 Å². The van der Waals surface area contributed by atoms with Gasteiger partial charge in [0.2, 0.25) is 5.91 Å². The maximum atomic E-state index is 12.1. The minimum Gasteiger partial charge on any atom is -0.355 e. The minimum absolute atomic E-state index is 0.0328. The van der Waals surface area contributed by atoms with Crippen molar-refractivity contribution in [3.8, 4) is 0 Å². The summed E-state index contributed by atoms with van der Waals surface area (Å²) in [7, 11) is 1.60. The Kier molecular flexibility index (Phi) is 4.39. The molecule has 1 aliphatic heterocycles. The van der Waals surface area contributed by atoms with E-state index in [0.717, 1.165) is 24.9 Å². The van der Waals surface area contributed by atoms with Crippen LogP contribution in [0.2, 0.25) is 0 Å². The SMILES string of the molecule is CNC(=O)c1ccc(CNC(=O)C2(C)CCCN2)cc1. The van der Waals surface area contributed by atoms with Crippen molar-refractivity contribution in [2.24, 2.45) is 0 Å². The van der Waals surface area contributed by atoms with Crippen molar-refractivity contribution < 1.29 is 9.59 Å². The molecule has 5 heteroatoms. The molecule has 1 aromatic rings. The van der Waals surface area contributed by atoms with Crippen molar-refractivity contribution in [1.29, 1.82) is 0 Å². The highest BCUT2D eigenvalue weighted by molar-refractivity contribution is 5.94. The molecule has 108 valence electrons. The van der Waals surface area contributed by atoms with Gasteiger partial charge in [-0.15, -0.1) is 0 Å². The van der Waals surface area contributed by atoms with Crippen LogP contribution in [-0.2, 0) is 11.3 Å². The first-order valence-corrected chi connectivity index (χ1v) is 6.89. The Hall–Kier alpha value is -1.88. The number of rotatable bonds is 4. The topological polar surface area (TPSA) is 70.2 Å². The van der Waals surface area contributed by atoms with E-state index in [0.29, 0.717) is 12.1 Å². The molecule has 0 saturated carbocycles. The summed E-state index contributed by atoms with van der Waals surface area (Å²) in [6.07, 6.45) is 1.90. The Morgan fingerprint density at radius 2 is 2.00 bits per heavy atom. The van der Waals surface area contributed by atoms with Crippen LogP contribution in [0.1, 0.15) is 35.7 Å². The number of amides is 2. The molecule has 2 rings (SSSR count). The zero-order chi connectivity index (χ0) is 14.6. The predicted molar refractivity (Wildman–Crippen MR) is 77.3 cm³/mol. The molecule has 1 aliphatic rings. The summed E-state index contributed by atoms with van der Waals surface area (Å²) in [5.74, 6) is -0.0753. The lowest BCUT2D eigenvalue weighted by Gasteiger charge is -2.23. The van der Waals surface area contributed by atoms with Crippen LogP contribution in [-0.4, -0.2) is 30.9 Å². The highest BCUT2D eigenvalue weighted by Crippen LogP contribution is 2.18. The molecular formula is C15H21N3O2. The van der Waals surface area contributed by atoms with E-state index >= 15 is 0 Å².